The van der Waals surface area contributed by atoms with Crippen LogP contribution >= 0.6 is 11.8 Å². The van der Waals surface area contributed by atoms with Gasteiger partial charge in [-0.15, -0.1) is 10.2 Å². The van der Waals surface area contributed by atoms with Crippen molar-refractivity contribution < 1.29 is 23.8 Å². The van der Waals surface area contributed by atoms with Crippen LogP contribution in [0.2, 0.25) is 0 Å². The molecule has 0 atom stereocenters. The van der Waals surface area contributed by atoms with Crippen molar-refractivity contribution in [3.05, 3.63) is 53.9 Å². The van der Waals surface area contributed by atoms with Gasteiger partial charge in [-0.3, -0.25) is 9.59 Å². The van der Waals surface area contributed by atoms with Gasteiger partial charge in [-0.1, -0.05) is 11.8 Å². The second-order valence-corrected chi connectivity index (χ2v) is 7.90. The van der Waals surface area contributed by atoms with Crippen molar-refractivity contribution in [3.63, 3.8) is 0 Å². The van der Waals surface area contributed by atoms with Crippen LogP contribution in [0.4, 0.5) is 5.69 Å². The molecule has 11 heteroatoms. The minimum absolute atomic E-state index is 0.151. The Kier molecular flexibility index (Phi) is 6.98. The molecule has 4 rings (SSSR count). The minimum atomic E-state index is -0.257. The zero-order valence-corrected chi connectivity index (χ0v) is 19.0. The van der Waals surface area contributed by atoms with E-state index in [4.69, 9.17) is 14.2 Å². The van der Waals surface area contributed by atoms with Crippen molar-refractivity contribution in [2.75, 3.05) is 25.0 Å². The van der Waals surface area contributed by atoms with Crippen molar-refractivity contribution in [1.82, 2.24) is 20.1 Å². The lowest BCUT2D eigenvalue weighted by Crippen LogP contribution is -2.24. The molecule has 0 spiro atoms. The highest BCUT2D eigenvalue weighted by Gasteiger charge is 2.18. The third-order valence-electron chi connectivity index (χ3n) is 4.86. The number of nitrogens with one attached hydrogen (secondary N) is 2. The number of amides is 2. The standard InChI is InChI=1S/C22H23N5O5S/c1-3-27-19(11-23-21(29)14-4-9-17-18(10-14)32-13-31-17)25-26-22(27)33-12-20(28)24-15-5-7-16(30-2)8-6-15/h4-10H,3,11-13H2,1-2H3,(H,23,29)(H,24,28). The van der Waals surface area contributed by atoms with E-state index >= 15 is 0 Å². The second kappa shape index (κ2) is 10.3. The summed E-state index contributed by atoms with van der Waals surface area (Å²) in [6.07, 6.45) is 0. The molecule has 0 radical (unpaired) electrons. The van der Waals surface area contributed by atoms with Gasteiger partial charge in [0.1, 0.15) is 5.75 Å². The number of hydrogen-bond donors (Lipinski definition) is 2. The van der Waals surface area contributed by atoms with Gasteiger partial charge in [-0.25, -0.2) is 0 Å². The van der Waals surface area contributed by atoms with E-state index in [1.54, 1.807) is 49.6 Å². The number of methoxy groups -OCH3 is 1. The molecule has 1 aliphatic heterocycles. The van der Waals surface area contributed by atoms with E-state index in [0.29, 0.717) is 40.3 Å². The third-order valence-corrected chi connectivity index (χ3v) is 5.82. The Labute approximate surface area is 194 Å². The fourth-order valence-corrected chi connectivity index (χ4v) is 4.00. The molecule has 0 fully saturated rings. The molecule has 0 aliphatic carbocycles. The lowest BCUT2D eigenvalue weighted by Gasteiger charge is -2.09. The van der Waals surface area contributed by atoms with E-state index < -0.39 is 0 Å². The molecule has 2 N–H and O–H groups in total. The monoisotopic (exact) mass is 469 g/mol. The molecule has 3 aromatic rings. The van der Waals surface area contributed by atoms with Gasteiger partial charge in [0.15, 0.2) is 22.5 Å². The number of thioether (sulfide) groups is 1. The first-order valence-electron chi connectivity index (χ1n) is 10.2. The van der Waals surface area contributed by atoms with E-state index in [2.05, 4.69) is 20.8 Å². The average Bonchev–Trinajstić information content (AvgIpc) is 3.47. The minimum Gasteiger partial charge on any atom is -0.497 e. The van der Waals surface area contributed by atoms with E-state index in [9.17, 15) is 9.59 Å². The van der Waals surface area contributed by atoms with Crippen LogP contribution in [-0.2, 0) is 17.9 Å². The van der Waals surface area contributed by atoms with Crippen molar-refractivity contribution in [2.24, 2.45) is 0 Å². The van der Waals surface area contributed by atoms with Gasteiger partial charge in [0.2, 0.25) is 12.7 Å². The maximum atomic E-state index is 12.5. The summed E-state index contributed by atoms with van der Waals surface area (Å²) in [5, 5.41) is 14.6. The SMILES string of the molecule is CCn1c(CNC(=O)c2ccc3c(c2)OCO3)nnc1SCC(=O)Nc1ccc(OC)cc1. The second-order valence-electron chi connectivity index (χ2n) is 6.96. The van der Waals surface area contributed by atoms with Crippen LogP contribution in [0.1, 0.15) is 23.1 Å². The van der Waals surface area contributed by atoms with Crippen molar-refractivity contribution in [2.45, 2.75) is 25.2 Å². The molecule has 1 aliphatic rings. The fourth-order valence-electron chi connectivity index (χ4n) is 3.17. The number of fused-ring (bicyclic) bond motifs is 1. The number of hydrogen-bond acceptors (Lipinski definition) is 8. The van der Waals surface area contributed by atoms with Crippen LogP contribution in [0.25, 0.3) is 0 Å². The summed E-state index contributed by atoms with van der Waals surface area (Å²) >= 11 is 1.28. The van der Waals surface area contributed by atoms with Gasteiger partial charge < -0.3 is 29.4 Å². The van der Waals surface area contributed by atoms with Gasteiger partial charge in [0.05, 0.1) is 19.4 Å². The summed E-state index contributed by atoms with van der Waals surface area (Å²) in [6, 6.07) is 12.1. The van der Waals surface area contributed by atoms with E-state index in [0.717, 1.165) is 5.75 Å². The maximum Gasteiger partial charge on any atom is 0.251 e. The van der Waals surface area contributed by atoms with E-state index in [1.165, 1.54) is 11.8 Å². The lowest BCUT2D eigenvalue weighted by atomic mass is 10.2. The quantitative estimate of drug-likeness (QED) is 0.460. The molecule has 0 unspecified atom stereocenters. The first-order chi connectivity index (χ1) is 16.1. The molecular formula is C22H23N5O5S. The normalized spacial score (nSPS) is 11.8. The zero-order valence-electron chi connectivity index (χ0n) is 18.2. The lowest BCUT2D eigenvalue weighted by molar-refractivity contribution is -0.113. The molecule has 0 saturated heterocycles. The molecule has 10 nitrogen and oxygen atoms in total. The van der Waals surface area contributed by atoms with Crippen LogP contribution in [0.3, 0.4) is 0 Å². The Morgan fingerprint density at radius 1 is 1.12 bits per heavy atom. The summed E-state index contributed by atoms with van der Waals surface area (Å²) in [7, 11) is 1.59. The summed E-state index contributed by atoms with van der Waals surface area (Å²) in [5.74, 6) is 2.25. The number of nitrogens with zero attached hydrogens (tertiary/aromatic N) is 3. The van der Waals surface area contributed by atoms with Crippen molar-refractivity contribution in [1.29, 1.82) is 0 Å². The number of ether oxygens (including phenoxy) is 3. The molecular weight excluding hydrogens is 446 g/mol. The highest BCUT2D eigenvalue weighted by atomic mass is 32.2. The number of rotatable bonds is 9. The maximum absolute atomic E-state index is 12.5. The van der Waals surface area contributed by atoms with Gasteiger partial charge in [0, 0.05) is 17.8 Å². The van der Waals surface area contributed by atoms with Crippen LogP contribution in [-0.4, -0.2) is 46.2 Å². The highest BCUT2D eigenvalue weighted by Crippen LogP contribution is 2.32. The molecule has 0 saturated carbocycles. The largest absolute Gasteiger partial charge is 0.497 e. The zero-order chi connectivity index (χ0) is 23.2. The molecule has 1 aromatic heterocycles. The highest BCUT2D eigenvalue weighted by molar-refractivity contribution is 7.99. The molecule has 172 valence electrons. The number of anilines is 1. The molecule has 33 heavy (non-hydrogen) atoms. The number of benzene rings is 2. The van der Waals surface area contributed by atoms with Gasteiger partial charge >= 0.3 is 0 Å². The number of carbonyl (C=O) groups is 2. The summed E-state index contributed by atoms with van der Waals surface area (Å²) in [4.78, 5) is 24.8. The Bertz CT molecular complexity index is 1150. The topological polar surface area (TPSA) is 117 Å². The summed E-state index contributed by atoms with van der Waals surface area (Å²) in [6.45, 7) is 2.91. The van der Waals surface area contributed by atoms with E-state index in [-0.39, 0.29) is 30.9 Å². The average molecular weight is 470 g/mol. The van der Waals surface area contributed by atoms with Crippen LogP contribution < -0.4 is 24.8 Å². The van der Waals surface area contributed by atoms with E-state index in [1.807, 2.05) is 11.5 Å². The summed E-state index contributed by atoms with van der Waals surface area (Å²) < 4.78 is 17.6. The predicted octanol–water partition coefficient (Wildman–Crippen LogP) is 2.70. The third kappa shape index (κ3) is 5.37. The van der Waals surface area contributed by atoms with Crippen LogP contribution in [0.5, 0.6) is 17.2 Å². The number of carbonyl (C=O) groups excluding carboxylic acids is 2. The molecule has 2 amide bonds. The predicted molar refractivity (Wildman–Crippen MR) is 122 cm³/mol. The van der Waals surface area contributed by atoms with Crippen molar-refractivity contribution >= 4 is 29.3 Å². The smallest absolute Gasteiger partial charge is 0.251 e. The Morgan fingerprint density at radius 2 is 1.91 bits per heavy atom. The number of aromatic nitrogens is 3. The molecule has 0 bridgehead atoms. The van der Waals surface area contributed by atoms with Gasteiger partial charge in [-0.05, 0) is 49.4 Å². The van der Waals surface area contributed by atoms with Gasteiger partial charge in [-0.2, -0.15) is 0 Å². The fraction of sp³-hybridized carbons (Fsp3) is 0.273. The first-order valence-corrected chi connectivity index (χ1v) is 11.2. The van der Waals surface area contributed by atoms with Crippen LogP contribution in [0.15, 0.2) is 47.6 Å². The Hall–Kier alpha value is -3.73. The van der Waals surface area contributed by atoms with Crippen LogP contribution in [0, 0.1) is 0 Å². The Morgan fingerprint density at radius 3 is 2.67 bits per heavy atom. The van der Waals surface area contributed by atoms with Crippen molar-refractivity contribution in [3.8, 4) is 17.2 Å². The molecule has 2 heterocycles. The first kappa shape index (κ1) is 22.5. The summed E-state index contributed by atoms with van der Waals surface area (Å²) in [5.41, 5.74) is 1.15. The van der Waals surface area contributed by atoms with Gasteiger partial charge in [0.25, 0.3) is 5.91 Å². The Balaban J connectivity index is 1.31. The molecule has 2 aromatic carbocycles.